The summed E-state index contributed by atoms with van der Waals surface area (Å²) in [7, 11) is 0. The highest BCUT2D eigenvalue weighted by Gasteiger charge is 2.47. The number of furan rings is 1. The topological polar surface area (TPSA) is 72.1 Å². The van der Waals surface area contributed by atoms with Gasteiger partial charge in [0.15, 0.2) is 11.7 Å². The molecule has 136 valence electrons. The van der Waals surface area contributed by atoms with Crippen molar-refractivity contribution >= 4 is 11.7 Å². The lowest BCUT2D eigenvalue weighted by Gasteiger charge is -2.32. The van der Waals surface area contributed by atoms with Gasteiger partial charge in [-0.05, 0) is 18.1 Å². The van der Waals surface area contributed by atoms with Crippen LogP contribution in [-0.2, 0) is 0 Å². The van der Waals surface area contributed by atoms with Crippen molar-refractivity contribution in [1.82, 2.24) is 15.1 Å². The smallest absolute Gasteiger partial charge is 0.410 e. The molecule has 0 bridgehead atoms. The molecule has 3 heterocycles. The van der Waals surface area contributed by atoms with E-state index in [1.54, 1.807) is 12.1 Å². The molecule has 0 spiro atoms. The molecule has 0 radical (unpaired) electrons. The van der Waals surface area contributed by atoms with Crippen LogP contribution in [0.15, 0.2) is 28.9 Å². The van der Waals surface area contributed by atoms with E-state index in [0.29, 0.717) is 12.3 Å². The van der Waals surface area contributed by atoms with Crippen molar-refractivity contribution in [2.45, 2.75) is 38.5 Å². The van der Waals surface area contributed by atoms with E-state index < -0.39 is 24.2 Å². The van der Waals surface area contributed by atoms with Crippen LogP contribution < -0.4 is 10.6 Å². The summed E-state index contributed by atoms with van der Waals surface area (Å²) in [5, 5.41) is 9.51. The summed E-state index contributed by atoms with van der Waals surface area (Å²) in [6.07, 6.45) is -3.34. The molecule has 0 saturated carbocycles. The number of fused-ring (bicyclic) bond motifs is 1. The molecule has 0 aliphatic carbocycles. The van der Waals surface area contributed by atoms with Crippen molar-refractivity contribution < 1.29 is 22.4 Å². The highest BCUT2D eigenvalue weighted by molar-refractivity contribution is 5.93. The van der Waals surface area contributed by atoms with Crippen molar-refractivity contribution in [3.63, 3.8) is 0 Å². The van der Waals surface area contributed by atoms with Gasteiger partial charge in [-0.2, -0.15) is 18.3 Å². The fraction of sp³-hybridized carbons (Fsp3) is 0.500. The van der Waals surface area contributed by atoms with Crippen molar-refractivity contribution in [1.29, 1.82) is 0 Å². The van der Waals surface area contributed by atoms with Crippen LogP contribution in [0.2, 0.25) is 0 Å². The van der Waals surface area contributed by atoms with Gasteiger partial charge in [0.1, 0.15) is 11.6 Å². The second kappa shape index (κ2) is 6.45. The van der Waals surface area contributed by atoms with Crippen LogP contribution in [0.25, 0.3) is 0 Å². The van der Waals surface area contributed by atoms with Gasteiger partial charge in [0.05, 0.1) is 12.3 Å². The van der Waals surface area contributed by atoms with Gasteiger partial charge in [-0.1, -0.05) is 13.8 Å². The van der Waals surface area contributed by atoms with Gasteiger partial charge in [-0.25, -0.2) is 4.68 Å². The molecule has 2 N–H and O–H groups in total. The Kier molecular flexibility index (Phi) is 4.49. The number of aromatic nitrogens is 2. The van der Waals surface area contributed by atoms with Crippen molar-refractivity contribution in [2.24, 2.45) is 5.92 Å². The Bertz CT molecular complexity index is 737. The van der Waals surface area contributed by atoms with Gasteiger partial charge in [0, 0.05) is 19.0 Å². The maximum atomic E-state index is 13.5. The van der Waals surface area contributed by atoms with Crippen molar-refractivity contribution in [3.8, 4) is 0 Å². The third-order valence-corrected chi connectivity index (χ3v) is 3.98. The second-order valence-electron chi connectivity index (χ2n) is 6.47. The number of anilines is 1. The summed E-state index contributed by atoms with van der Waals surface area (Å²) in [6.45, 7) is 4.27. The summed E-state index contributed by atoms with van der Waals surface area (Å²) in [5.74, 6) is 0.288. The maximum Gasteiger partial charge on any atom is 0.410 e. The number of hydrogen-bond donors (Lipinski definition) is 2. The zero-order chi connectivity index (χ0) is 18.2. The van der Waals surface area contributed by atoms with Gasteiger partial charge in [-0.3, -0.25) is 4.79 Å². The van der Waals surface area contributed by atoms with Gasteiger partial charge in [0.25, 0.3) is 5.91 Å². The monoisotopic (exact) mass is 356 g/mol. The summed E-state index contributed by atoms with van der Waals surface area (Å²) >= 11 is 0. The lowest BCUT2D eigenvalue weighted by atomic mass is 10.0. The van der Waals surface area contributed by atoms with E-state index in [-0.39, 0.29) is 23.9 Å². The Hall–Kier alpha value is -2.45. The molecule has 1 aliphatic heterocycles. The molecule has 6 nitrogen and oxygen atoms in total. The zero-order valence-corrected chi connectivity index (χ0v) is 13.8. The number of carbonyl (C=O) groups excluding carboxylic acids is 1. The predicted octanol–water partition coefficient (Wildman–Crippen LogP) is 3.52. The first-order valence-electron chi connectivity index (χ1n) is 8.00. The molecular formula is C16H19F3N4O2. The standard InChI is InChI=1S/C16H19F3N4O2/c1-9(2)8-20-15(24)11-7-14-21-10(12-4-3-5-25-12)6-13(16(17,18)19)23(14)22-11/h3-5,7,9-10,13,21H,6,8H2,1-2H3,(H,20,24)/t10-,13-/m0/s1. The number of hydrogen-bond acceptors (Lipinski definition) is 4. The first kappa shape index (κ1) is 17.4. The SMILES string of the molecule is CC(C)CNC(=O)c1cc2n(n1)[C@H](C(F)(F)F)C[C@@H](c1ccco1)N2. The minimum Gasteiger partial charge on any atom is -0.467 e. The highest BCUT2D eigenvalue weighted by atomic mass is 19.4. The van der Waals surface area contributed by atoms with Crippen LogP contribution in [0.3, 0.4) is 0 Å². The molecule has 1 amide bonds. The molecule has 9 heteroatoms. The largest absolute Gasteiger partial charge is 0.467 e. The van der Waals surface area contributed by atoms with E-state index in [9.17, 15) is 18.0 Å². The molecule has 25 heavy (non-hydrogen) atoms. The van der Waals surface area contributed by atoms with Gasteiger partial charge in [0.2, 0.25) is 0 Å². The first-order chi connectivity index (χ1) is 11.8. The lowest BCUT2D eigenvalue weighted by molar-refractivity contribution is -0.174. The number of halogens is 3. The molecule has 2 aromatic rings. The van der Waals surface area contributed by atoms with Crippen molar-refractivity contribution in [3.05, 3.63) is 35.9 Å². The number of amides is 1. The third-order valence-electron chi connectivity index (χ3n) is 3.98. The van der Waals surface area contributed by atoms with Crippen LogP contribution >= 0.6 is 0 Å². The van der Waals surface area contributed by atoms with E-state index in [2.05, 4.69) is 15.7 Å². The highest BCUT2D eigenvalue weighted by Crippen LogP contribution is 2.43. The Morgan fingerprint density at radius 3 is 2.88 bits per heavy atom. The Balaban J connectivity index is 1.89. The minimum absolute atomic E-state index is 0.0440. The number of alkyl halides is 3. The summed E-state index contributed by atoms with van der Waals surface area (Å²) in [5.41, 5.74) is -0.0440. The predicted molar refractivity (Wildman–Crippen MR) is 84.2 cm³/mol. The fourth-order valence-corrected chi connectivity index (χ4v) is 2.75. The van der Waals surface area contributed by atoms with E-state index in [1.807, 2.05) is 13.8 Å². The molecule has 3 rings (SSSR count). The number of nitrogens with one attached hydrogen (secondary N) is 2. The summed E-state index contributed by atoms with van der Waals surface area (Å²) < 4.78 is 46.5. The van der Waals surface area contributed by atoms with E-state index >= 15 is 0 Å². The first-order valence-corrected chi connectivity index (χ1v) is 8.00. The Morgan fingerprint density at radius 2 is 2.28 bits per heavy atom. The molecule has 2 atom stereocenters. The fourth-order valence-electron chi connectivity index (χ4n) is 2.75. The molecule has 0 fully saturated rings. The molecular weight excluding hydrogens is 337 g/mol. The van der Waals surface area contributed by atoms with Gasteiger partial charge >= 0.3 is 6.18 Å². The van der Waals surface area contributed by atoms with Crippen LogP contribution in [0.4, 0.5) is 19.0 Å². The number of carbonyl (C=O) groups is 1. The van der Waals surface area contributed by atoms with E-state index in [4.69, 9.17) is 4.42 Å². The maximum absolute atomic E-state index is 13.5. The minimum atomic E-state index is -4.49. The quantitative estimate of drug-likeness (QED) is 0.879. The normalized spacial score (nSPS) is 20.2. The van der Waals surface area contributed by atoms with Crippen LogP contribution in [0.5, 0.6) is 0 Å². The summed E-state index contributed by atoms with van der Waals surface area (Å²) in [4.78, 5) is 12.1. The molecule has 0 aromatic carbocycles. The van der Waals surface area contributed by atoms with Crippen LogP contribution in [0, 0.1) is 5.92 Å². The molecule has 2 aromatic heterocycles. The van der Waals surface area contributed by atoms with Gasteiger partial charge < -0.3 is 15.1 Å². The van der Waals surface area contributed by atoms with Crippen LogP contribution in [-0.4, -0.2) is 28.4 Å². The third kappa shape index (κ3) is 3.64. The number of nitrogens with zero attached hydrogens (tertiary/aromatic N) is 2. The second-order valence-corrected chi connectivity index (χ2v) is 6.47. The van der Waals surface area contributed by atoms with E-state index in [0.717, 1.165) is 4.68 Å². The Labute approximate surface area is 142 Å². The molecule has 0 unspecified atom stereocenters. The average Bonchev–Trinajstić information content (AvgIpc) is 3.19. The van der Waals surface area contributed by atoms with Gasteiger partial charge in [-0.15, -0.1) is 0 Å². The Morgan fingerprint density at radius 1 is 1.52 bits per heavy atom. The van der Waals surface area contributed by atoms with Crippen molar-refractivity contribution in [2.75, 3.05) is 11.9 Å². The van der Waals surface area contributed by atoms with Crippen LogP contribution in [0.1, 0.15) is 48.6 Å². The zero-order valence-electron chi connectivity index (χ0n) is 13.8. The number of rotatable bonds is 4. The average molecular weight is 356 g/mol. The lowest BCUT2D eigenvalue weighted by Crippen LogP contribution is -2.35. The van der Waals surface area contributed by atoms with E-state index in [1.165, 1.54) is 12.3 Å². The molecule has 0 saturated heterocycles. The molecule has 1 aliphatic rings. The summed E-state index contributed by atoms with van der Waals surface area (Å²) in [6, 6.07) is 2.11.